The number of benzene rings is 1. The number of likely N-dealkylation sites (tertiary alicyclic amines) is 1. The van der Waals surface area contributed by atoms with E-state index < -0.39 is 0 Å². The largest absolute Gasteiger partial charge is 0.346 e. The predicted molar refractivity (Wildman–Crippen MR) is 104 cm³/mol. The van der Waals surface area contributed by atoms with Crippen LogP contribution in [0.5, 0.6) is 0 Å². The van der Waals surface area contributed by atoms with Crippen LogP contribution in [-0.2, 0) is 0 Å². The van der Waals surface area contributed by atoms with E-state index in [0.717, 1.165) is 37.1 Å². The van der Waals surface area contributed by atoms with Crippen LogP contribution in [0.2, 0.25) is 0 Å². The molecule has 1 N–H and O–H groups in total. The quantitative estimate of drug-likeness (QED) is 0.602. The van der Waals surface area contributed by atoms with Crippen LogP contribution in [0, 0.1) is 0 Å². The van der Waals surface area contributed by atoms with Gasteiger partial charge in [0.15, 0.2) is 0 Å². The van der Waals surface area contributed by atoms with Crippen molar-refractivity contribution < 1.29 is 0 Å². The molecule has 0 saturated carbocycles. The molecule has 1 saturated heterocycles. The Bertz CT molecular complexity index is 1020. The molecule has 1 aliphatic heterocycles. The molecule has 1 aromatic carbocycles. The zero-order chi connectivity index (χ0) is 17.5. The van der Waals surface area contributed by atoms with Crippen LogP contribution in [0.3, 0.4) is 0 Å². The van der Waals surface area contributed by atoms with Crippen LogP contribution >= 0.6 is 0 Å². The number of piperidine rings is 1. The van der Waals surface area contributed by atoms with E-state index in [2.05, 4.69) is 67.7 Å². The molecule has 0 aliphatic carbocycles. The average molecular weight is 345 g/mol. The van der Waals surface area contributed by atoms with Crippen LogP contribution in [0.25, 0.3) is 22.1 Å². The van der Waals surface area contributed by atoms with Gasteiger partial charge < -0.3 is 9.55 Å². The molecule has 1 fully saturated rings. The summed E-state index contributed by atoms with van der Waals surface area (Å²) in [7, 11) is 0. The third kappa shape index (κ3) is 2.51. The molecule has 5 rings (SSSR count). The maximum atomic E-state index is 4.60. The normalized spacial score (nSPS) is 17.9. The van der Waals surface area contributed by atoms with Crippen LogP contribution in [0.15, 0.2) is 55.1 Å². The fourth-order valence-electron chi connectivity index (χ4n) is 4.30. The van der Waals surface area contributed by atoms with E-state index in [4.69, 9.17) is 0 Å². The maximum Gasteiger partial charge on any atom is 0.139 e. The lowest BCUT2D eigenvalue weighted by molar-refractivity contribution is 0.145. The van der Waals surface area contributed by atoms with Crippen molar-refractivity contribution in [2.75, 3.05) is 13.1 Å². The zero-order valence-corrected chi connectivity index (χ0v) is 15.0. The molecular formula is C21H23N5. The Kier molecular flexibility index (Phi) is 3.75. The third-order valence-electron chi connectivity index (χ3n) is 5.84. The van der Waals surface area contributed by atoms with Gasteiger partial charge in [-0.1, -0.05) is 30.3 Å². The highest BCUT2D eigenvalue weighted by atomic mass is 15.2. The first-order chi connectivity index (χ1) is 12.8. The number of aromatic nitrogens is 4. The number of pyridine rings is 1. The number of rotatable bonds is 3. The fraction of sp³-hybridized carbons (Fsp3) is 0.333. The number of H-pyrrole nitrogens is 1. The van der Waals surface area contributed by atoms with Crippen LogP contribution < -0.4 is 0 Å². The molecule has 0 radical (unpaired) electrons. The monoisotopic (exact) mass is 345 g/mol. The Morgan fingerprint density at radius 1 is 1.08 bits per heavy atom. The number of nitrogens with one attached hydrogen (secondary N) is 1. The molecule has 132 valence electrons. The summed E-state index contributed by atoms with van der Waals surface area (Å²) >= 11 is 0. The Morgan fingerprint density at radius 3 is 2.69 bits per heavy atom. The molecule has 5 heteroatoms. The highest BCUT2D eigenvalue weighted by Gasteiger charge is 2.25. The van der Waals surface area contributed by atoms with Gasteiger partial charge in [0.25, 0.3) is 0 Å². The maximum absolute atomic E-state index is 4.60. The minimum atomic E-state index is 0.470. The number of hydrogen-bond donors (Lipinski definition) is 1. The summed E-state index contributed by atoms with van der Waals surface area (Å²) in [6.45, 7) is 4.54. The Hall–Kier alpha value is -2.66. The lowest BCUT2D eigenvalue weighted by atomic mass is 10.00. The van der Waals surface area contributed by atoms with Gasteiger partial charge in [0.2, 0.25) is 0 Å². The Morgan fingerprint density at radius 2 is 1.88 bits per heavy atom. The van der Waals surface area contributed by atoms with E-state index in [1.54, 1.807) is 0 Å². The molecular weight excluding hydrogens is 322 g/mol. The van der Waals surface area contributed by atoms with Crippen LogP contribution in [0.4, 0.5) is 0 Å². The molecule has 1 aliphatic rings. The summed E-state index contributed by atoms with van der Waals surface area (Å²) < 4.78 is 2.37. The fourth-order valence-corrected chi connectivity index (χ4v) is 4.30. The van der Waals surface area contributed by atoms with E-state index in [0.29, 0.717) is 12.1 Å². The van der Waals surface area contributed by atoms with Gasteiger partial charge >= 0.3 is 0 Å². The standard InChI is InChI=1S/C21H23N5/c1-15(16-5-3-2-4-6-16)25-11-8-17(9-12-25)26-14-24-19-13-23-21-18(20(19)26)7-10-22-21/h2-7,10,13-15,17H,8-9,11-12H2,1H3,(H,22,23). The summed E-state index contributed by atoms with van der Waals surface area (Å²) in [6.07, 6.45) is 8.13. The highest BCUT2D eigenvalue weighted by molar-refractivity contribution is 6.00. The van der Waals surface area contributed by atoms with Gasteiger partial charge in [-0.3, -0.25) is 4.90 Å². The second-order valence-electron chi connectivity index (χ2n) is 7.24. The first kappa shape index (κ1) is 15.6. The summed E-state index contributed by atoms with van der Waals surface area (Å²) in [5.74, 6) is 0. The first-order valence-corrected chi connectivity index (χ1v) is 9.39. The number of nitrogens with zero attached hydrogens (tertiary/aromatic N) is 4. The topological polar surface area (TPSA) is 49.7 Å². The molecule has 26 heavy (non-hydrogen) atoms. The molecule has 1 unspecified atom stereocenters. The molecule has 4 heterocycles. The predicted octanol–water partition coefficient (Wildman–Crippen LogP) is 4.31. The highest BCUT2D eigenvalue weighted by Crippen LogP contribution is 2.32. The van der Waals surface area contributed by atoms with E-state index in [9.17, 15) is 0 Å². The lowest BCUT2D eigenvalue weighted by Gasteiger charge is -2.36. The summed E-state index contributed by atoms with van der Waals surface area (Å²) in [5.41, 5.74) is 4.54. The molecule has 0 bridgehead atoms. The van der Waals surface area contributed by atoms with E-state index in [1.807, 2.05) is 18.7 Å². The first-order valence-electron chi connectivity index (χ1n) is 9.39. The Balaban J connectivity index is 1.39. The van der Waals surface area contributed by atoms with Crippen LogP contribution in [0.1, 0.15) is 37.4 Å². The van der Waals surface area contributed by atoms with Crippen molar-refractivity contribution >= 4 is 22.1 Å². The van der Waals surface area contributed by atoms with E-state index >= 15 is 0 Å². The van der Waals surface area contributed by atoms with Gasteiger partial charge in [-0.2, -0.15) is 0 Å². The van der Waals surface area contributed by atoms with Gasteiger partial charge in [-0.05, 0) is 31.4 Å². The molecule has 0 amide bonds. The van der Waals surface area contributed by atoms with Gasteiger partial charge in [0.05, 0.1) is 18.0 Å². The molecule has 5 nitrogen and oxygen atoms in total. The average Bonchev–Trinajstić information content (AvgIpc) is 3.34. The summed E-state index contributed by atoms with van der Waals surface area (Å²) in [4.78, 5) is 14.9. The second-order valence-corrected chi connectivity index (χ2v) is 7.24. The number of hydrogen-bond acceptors (Lipinski definition) is 3. The molecule has 1 atom stereocenters. The SMILES string of the molecule is CC(c1ccccc1)N1CCC(n2cnc3cnc4[nH]ccc4c32)CC1. The van der Waals surface area contributed by atoms with Crippen molar-refractivity contribution in [1.82, 2.24) is 24.4 Å². The van der Waals surface area contributed by atoms with Crippen molar-refractivity contribution in [3.05, 3.63) is 60.7 Å². The van der Waals surface area contributed by atoms with Crippen LogP contribution in [-0.4, -0.2) is 37.5 Å². The molecule has 0 spiro atoms. The minimum Gasteiger partial charge on any atom is -0.346 e. The lowest BCUT2D eigenvalue weighted by Crippen LogP contribution is -2.36. The molecule has 3 aromatic heterocycles. The van der Waals surface area contributed by atoms with Crippen molar-refractivity contribution in [2.24, 2.45) is 0 Å². The minimum absolute atomic E-state index is 0.470. The summed E-state index contributed by atoms with van der Waals surface area (Å²) in [6, 6.07) is 13.9. The second kappa shape index (κ2) is 6.25. The van der Waals surface area contributed by atoms with Crippen molar-refractivity contribution in [1.29, 1.82) is 0 Å². The van der Waals surface area contributed by atoms with Crippen molar-refractivity contribution in [2.45, 2.75) is 31.8 Å². The van der Waals surface area contributed by atoms with Gasteiger partial charge in [-0.15, -0.1) is 0 Å². The number of fused-ring (bicyclic) bond motifs is 3. The number of imidazole rings is 1. The van der Waals surface area contributed by atoms with Gasteiger partial charge in [-0.25, -0.2) is 9.97 Å². The Labute approximate surface area is 152 Å². The summed E-state index contributed by atoms with van der Waals surface area (Å²) in [5, 5.41) is 1.17. The smallest absolute Gasteiger partial charge is 0.139 e. The zero-order valence-electron chi connectivity index (χ0n) is 15.0. The molecule has 4 aromatic rings. The van der Waals surface area contributed by atoms with E-state index in [1.165, 1.54) is 16.5 Å². The van der Waals surface area contributed by atoms with Crippen molar-refractivity contribution in [3.63, 3.8) is 0 Å². The number of aromatic amines is 1. The third-order valence-corrected chi connectivity index (χ3v) is 5.84. The van der Waals surface area contributed by atoms with Crippen molar-refractivity contribution in [3.8, 4) is 0 Å². The van der Waals surface area contributed by atoms with Gasteiger partial charge in [0.1, 0.15) is 11.2 Å². The van der Waals surface area contributed by atoms with E-state index in [-0.39, 0.29) is 0 Å². The van der Waals surface area contributed by atoms with Gasteiger partial charge in [0, 0.05) is 36.8 Å².